The van der Waals surface area contributed by atoms with Crippen molar-refractivity contribution in [3.63, 3.8) is 0 Å². The molecule has 0 radical (unpaired) electrons. The number of hydrogen-bond donors (Lipinski definition) is 2. The van der Waals surface area contributed by atoms with E-state index in [9.17, 15) is 13.2 Å². The minimum Gasteiger partial charge on any atom is -0.356 e. The molecule has 1 fully saturated rings. The first-order valence-corrected chi connectivity index (χ1v) is 7.63. The lowest BCUT2D eigenvalue weighted by atomic mass is 10.2. The lowest BCUT2D eigenvalue weighted by molar-refractivity contribution is 0.0931. The summed E-state index contributed by atoms with van der Waals surface area (Å²) in [5.74, 6) is 0.237. The van der Waals surface area contributed by atoms with Crippen molar-refractivity contribution in [3.05, 3.63) is 18.0 Å². The van der Waals surface area contributed by atoms with Crippen LogP contribution in [0.15, 0.2) is 17.2 Å². The summed E-state index contributed by atoms with van der Waals surface area (Å²) < 4.78 is 22.0. The van der Waals surface area contributed by atoms with Crippen LogP contribution in [0.5, 0.6) is 0 Å². The molecule has 1 saturated carbocycles. The molecular formula is C10H13ClN2O3S. The molecule has 1 atom stereocenters. The second kappa shape index (κ2) is 4.34. The van der Waals surface area contributed by atoms with Gasteiger partial charge in [0.15, 0.2) is 0 Å². The molecule has 1 unspecified atom stereocenters. The average Bonchev–Trinajstić information content (AvgIpc) is 2.93. The first-order chi connectivity index (χ1) is 7.88. The van der Waals surface area contributed by atoms with Crippen molar-refractivity contribution in [2.75, 3.05) is 0 Å². The third-order valence-corrected chi connectivity index (χ3v) is 4.20. The Balaban J connectivity index is 2.06. The average molecular weight is 277 g/mol. The minimum atomic E-state index is -3.79. The summed E-state index contributed by atoms with van der Waals surface area (Å²) in [6.07, 6.45) is 3.47. The number of carbonyl (C=O) groups is 1. The van der Waals surface area contributed by atoms with Gasteiger partial charge in [-0.1, -0.05) is 0 Å². The highest BCUT2D eigenvalue weighted by molar-refractivity contribution is 8.13. The molecule has 2 rings (SSSR count). The maximum Gasteiger partial charge on any atom is 0.267 e. The normalized spacial score (nSPS) is 17.8. The molecule has 7 heteroatoms. The predicted molar refractivity (Wildman–Crippen MR) is 63.5 cm³/mol. The van der Waals surface area contributed by atoms with Gasteiger partial charge in [0, 0.05) is 22.9 Å². The molecular weight excluding hydrogens is 264 g/mol. The molecule has 2 N–H and O–H groups in total. The van der Waals surface area contributed by atoms with Crippen LogP contribution in [0.3, 0.4) is 0 Å². The third-order valence-electron chi connectivity index (χ3n) is 2.87. The van der Waals surface area contributed by atoms with Crippen molar-refractivity contribution in [2.24, 2.45) is 5.92 Å². The number of halogens is 1. The second-order valence-corrected chi connectivity index (χ2v) is 6.85. The van der Waals surface area contributed by atoms with E-state index in [0.717, 1.165) is 12.8 Å². The lowest BCUT2D eigenvalue weighted by Crippen LogP contribution is -2.34. The summed E-state index contributed by atoms with van der Waals surface area (Å²) >= 11 is 0. The Morgan fingerprint density at radius 1 is 1.59 bits per heavy atom. The molecule has 1 aromatic rings. The number of nitrogens with one attached hydrogen (secondary N) is 2. The van der Waals surface area contributed by atoms with Crippen LogP contribution in [0.1, 0.15) is 30.3 Å². The van der Waals surface area contributed by atoms with Gasteiger partial charge in [0.1, 0.15) is 10.6 Å². The van der Waals surface area contributed by atoms with Crippen LogP contribution in [0, 0.1) is 5.92 Å². The van der Waals surface area contributed by atoms with Gasteiger partial charge in [-0.2, -0.15) is 0 Å². The van der Waals surface area contributed by atoms with E-state index in [4.69, 9.17) is 10.7 Å². The molecule has 94 valence electrons. The van der Waals surface area contributed by atoms with Gasteiger partial charge < -0.3 is 10.3 Å². The Morgan fingerprint density at radius 2 is 2.24 bits per heavy atom. The summed E-state index contributed by atoms with van der Waals surface area (Å²) in [4.78, 5) is 14.3. The van der Waals surface area contributed by atoms with E-state index >= 15 is 0 Å². The van der Waals surface area contributed by atoms with Gasteiger partial charge in [0.25, 0.3) is 15.0 Å². The summed E-state index contributed by atoms with van der Waals surface area (Å²) in [7, 11) is 1.38. The molecule has 1 heterocycles. The van der Waals surface area contributed by atoms with E-state index in [1.165, 1.54) is 12.3 Å². The number of carbonyl (C=O) groups excluding carboxylic acids is 1. The summed E-state index contributed by atoms with van der Waals surface area (Å²) in [6.45, 7) is 1.94. The highest BCUT2D eigenvalue weighted by atomic mass is 35.7. The fraction of sp³-hybridized carbons (Fsp3) is 0.500. The number of rotatable bonds is 4. The highest BCUT2D eigenvalue weighted by Gasteiger charge is 2.29. The van der Waals surface area contributed by atoms with Gasteiger partial charge in [-0.25, -0.2) is 8.42 Å². The summed E-state index contributed by atoms with van der Waals surface area (Å²) in [6, 6.07) is 1.35. The van der Waals surface area contributed by atoms with Crippen molar-refractivity contribution in [2.45, 2.75) is 30.7 Å². The highest BCUT2D eigenvalue weighted by Crippen LogP contribution is 2.32. The van der Waals surface area contributed by atoms with Crippen LogP contribution in [-0.2, 0) is 9.05 Å². The number of hydrogen-bond acceptors (Lipinski definition) is 3. The van der Waals surface area contributed by atoms with E-state index in [1.807, 2.05) is 6.92 Å². The molecule has 0 spiro atoms. The maximum absolute atomic E-state index is 11.7. The number of aromatic nitrogens is 1. The maximum atomic E-state index is 11.7. The molecule has 5 nitrogen and oxygen atoms in total. The quantitative estimate of drug-likeness (QED) is 0.818. The first-order valence-electron chi connectivity index (χ1n) is 5.32. The molecule has 1 aliphatic carbocycles. The zero-order chi connectivity index (χ0) is 12.6. The van der Waals surface area contributed by atoms with E-state index in [0.29, 0.717) is 5.92 Å². The minimum absolute atomic E-state index is 0.0941. The zero-order valence-corrected chi connectivity index (χ0v) is 10.8. The Labute approximate surface area is 104 Å². The van der Waals surface area contributed by atoms with E-state index in [2.05, 4.69) is 10.3 Å². The van der Waals surface area contributed by atoms with Crippen LogP contribution >= 0.6 is 10.7 Å². The first kappa shape index (κ1) is 12.4. The van der Waals surface area contributed by atoms with E-state index in [1.54, 1.807) is 0 Å². The van der Waals surface area contributed by atoms with Crippen molar-refractivity contribution in [1.29, 1.82) is 0 Å². The monoisotopic (exact) mass is 276 g/mol. The second-order valence-electron chi connectivity index (χ2n) is 4.29. The predicted octanol–water partition coefficient (Wildman–Crippen LogP) is 1.47. The molecule has 0 bridgehead atoms. The Kier molecular flexibility index (Phi) is 3.18. The van der Waals surface area contributed by atoms with Gasteiger partial charge in [-0.15, -0.1) is 0 Å². The standard InChI is InChI=1S/C10H13ClN2O3S/c1-6(7-2-3-7)13-10(14)9-4-8(5-12-9)17(11,15)16/h4-7,12H,2-3H2,1H3,(H,13,14). The Morgan fingerprint density at radius 3 is 2.71 bits per heavy atom. The molecule has 17 heavy (non-hydrogen) atoms. The van der Waals surface area contributed by atoms with Crippen molar-refractivity contribution >= 4 is 25.6 Å². The fourth-order valence-corrected chi connectivity index (χ4v) is 2.37. The molecule has 0 aliphatic heterocycles. The van der Waals surface area contributed by atoms with Crippen LogP contribution < -0.4 is 5.32 Å². The van der Waals surface area contributed by atoms with Gasteiger partial charge in [0.2, 0.25) is 0 Å². The van der Waals surface area contributed by atoms with E-state index in [-0.39, 0.29) is 22.5 Å². The zero-order valence-electron chi connectivity index (χ0n) is 9.23. The van der Waals surface area contributed by atoms with Crippen molar-refractivity contribution < 1.29 is 13.2 Å². The number of amides is 1. The Bertz CT molecular complexity index is 534. The van der Waals surface area contributed by atoms with Gasteiger partial charge in [-0.3, -0.25) is 4.79 Å². The van der Waals surface area contributed by atoms with Gasteiger partial charge >= 0.3 is 0 Å². The molecule has 1 aromatic heterocycles. The molecule has 1 aliphatic rings. The van der Waals surface area contributed by atoms with Crippen LogP contribution in [-0.4, -0.2) is 25.4 Å². The van der Waals surface area contributed by atoms with Crippen LogP contribution in [0.4, 0.5) is 0 Å². The van der Waals surface area contributed by atoms with E-state index < -0.39 is 9.05 Å². The molecule has 0 saturated heterocycles. The number of H-pyrrole nitrogens is 1. The van der Waals surface area contributed by atoms with Gasteiger partial charge in [-0.05, 0) is 31.7 Å². The summed E-state index contributed by atoms with van der Waals surface area (Å²) in [5.41, 5.74) is 0.205. The Hall–Kier alpha value is -1.01. The van der Waals surface area contributed by atoms with Crippen molar-refractivity contribution in [1.82, 2.24) is 10.3 Å². The third kappa shape index (κ3) is 3.01. The number of aromatic amines is 1. The smallest absolute Gasteiger partial charge is 0.267 e. The van der Waals surface area contributed by atoms with Crippen LogP contribution in [0.2, 0.25) is 0 Å². The van der Waals surface area contributed by atoms with Crippen LogP contribution in [0.25, 0.3) is 0 Å². The topological polar surface area (TPSA) is 79.0 Å². The van der Waals surface area contributed by atoms with Gasteiger partial charge in [0.05, 0.1) is 0 Å². The fourth-order valence-electron chi connectivity index (χ4n) is 1.64. The molecule has 1 amide bonds. The van der Waals surface area contributed by atoms with Crippen molar-refractivity contribution in [3.8, 4) is 0 Å². The summed E-state index contributed by atoms with van der Waals surface area (Å²) in [5, 5.41) is 2.81. The largest absolute Gasteiger partial charge is 0.356 e. The lowest BCUT2D eigenvalue weighted by Gasteiger charge is -2.11. The SMILES string of the molecule is CC(NC(=O)c1cc(S(=O)(=O)Cl)c[nH]1)C1CC1. The molecule has 0 aromatic carbocycles.